The molecule has 0 aliphatic carbocycles. The predicted octanol–water partition coefficient (Wildman–Crippen LogP) is 10.9. The number of nitrogens with zero attached hydrogens (tertiary/aromatic N) is 2. The van der Waals surface area contributed by atoms with E-state index in [0.29, 0.717) is 0 Å². The fraction of sp³-hybridized carbons (Fsp3) is 0. The fourth-order valence-corrected chi connectivity index (χ4v) is 10.4. The highest BCUT2D eigenvalue weighted by atomic mass is 31.2. The molecule has 0 saturated heterocycles. The SMILES string of the molecule is O=P(c1ccccc1)(c1ccccc1)c1ccc(-c2ccc(-c3ccc4ccc5c6ccccc6c6nc7ccccc7n6c5c4c3)cc2)cc1. The van der Waals surface area contributed by atoms with Gasteiger partial charge in [0.1, 0.15) is 5.65 Å². The first-order chi connectivity index (χ1) is 25.2. The third-order valence-electron chi connectivity index (χ3n) is 10.3. The van der Waals surface area contributed by atoms with Crippen LogP contribution < -0.4 is 15.9 Å². The Morgan fingerprint density at radius 1 is 0.412 bits per heavy atom. The van der Waals surface area contributed by atoms with E-state index in [0.717, 1.165) is 60.2 Å². The van der Waals surface area contributed by atoms with Crippen molar-refractivity contribution < 1.29 is 4.57 Å². The predicted molar refractivity (Wildman–Crippen MR) is 215 cm³/mol. The molecule has 2 aromatic heterocycles. The minimum absolute atomic E-state index is 0.830. The van der Waals surface area contributed by atoms with E-state index in [9.17, 15) is 4.57 Å². The van der Waals surface area contributed by atoms with Gasteiger partial charge >= 0.3 is 0 Å². The summed E-state index contributed by atoms with van der Waals surface area (Å²) in [4.78, 5) is 5.12. The van der Waals surface area contributed by atoms with Crippen LogP contribution in [0.3, 0.4) is 0 Å². The highest BCUT2D eigenvalue weighted by Gasteiger charge is 2.29. The van der Waals surface area contributed by atoms with Crippen molar-refractivity contribution in [3.8, 4) is 22.3 Å². The lowest BCUT2D eigenvalue weighted by Gasteiger charge is -2.20. The van der Waals surface area contributed by atoms with Gasteiger partial charge in [0.2, 0.25) is 0 Å². The summed E-state index contributed by atoms with van der Waals surface area (Å²) in [5.74, 6) is 0. The molecule has 0 radical (unpaired) electrons. The van der Waals surface area contributed by atoms with E-state index >= 15 is 0 Å². The van der Waals surface area contributed by atoms with Crippen LogP contribution in [0.4, 0.5) is 0 Å². The number of rotatable bonds is 5. The van der Waals surface area contributed by atoms with Crippen LogP contribution in [-0.2, 0) is 4.57 Å². The third-order valence-corrected chi connectivity index (χ3v) is 13.3. The van der Waals surface area contributed by atoms with Crippen LogP contribution in [0.2, 0.25) is 0 Å². The summed E-state index contributed by atoms with van der Waals surface area (Å²) < 4.78 is 17.2. The van der Waals surface area contributed by atoms with Gasteiger partial charge in [0.05, 0.1) is 16.6 Å². The number of hydrogen-bond donors (Lipinski definition) is 0. The second kappa shape index (κ2) is 11.7. The molecular weight excluding hydrogens is 640 g/mol. The van der Waals surface area contributed by atoms with Crippen molar-refractivity contribution in [1.29, 1.82) is 0 Å². The summed E-state index contributed by atoms with van der Waals surface area (Å²) in [7, 11) is -3.02. The van der Waals surface area contributed by atoms with Gasteiger partial charge in [0, 0.05) is 32.1 Å². The van der Waals surface area contributed by atoms with E-state index < -0.39 is 7.14 Å². The first kappa shape index (κ1) is 29.6. The third kappa shape index (κ3) is 4.66. The maximum atomic E-state index is 14.8. The Balaban J connectivity index is 1.06. The zero-order valence-electron chi connectivity index (χ0n) is 27.6. The molecular formula is C47H31N2OP. The van der Waals surface area contributed by atoms with Gasteiger partial charge in [-0.25, -0.2) is 4.98 Å². The maximum Gasteiger partial charge on any atom is 0.171 e. The minimum atomic E-state index is -3.02. The monoisotopic (exact) mass is 670 g/mol. The van der Waals surface area contributed by atoms with Gasteiger partial charge in [-0.3, -0.25) is 4.40 Å². The highest BCUT2D eigenvalue weighted by Crippen LogP contribution is 2.43. The Hall–Kier alpha value is -6.28. The normalized spacial score (nSPS) is 12.0. The van der Waals surface area contributed by atoms with Crippen LogP contribution in [0.1, 0.15) is 0 Å². The summed E-state index contributed by atoms with van der Waals surface area (Å²) in [6.45, 7) is 0. The first-order valence-corrected chi connectivity index (χ1v) is 18.9. The van der Waals surface area contributed by atoms with Gasteiger partial charge in [-0.15, -0.1) is 0 Å². The number of benzene rings is 8. The van der Waals surface area contributed by atoms with Gasteiger partial charge in [-0.2, -0.15) is 0 Å². The van der Waals surface area contributed by atoms with Crippen molar-refractivity contribution in [2.75, 3.05) is 0 Å². The second-order valence-electron chi connectivity index (χ2n) is 13.1. The standard InChI is InChI=1S/C47H31N2OP/c50-51(37-11-3-1-4-12-37,38-13-5-2-6-14-38)39-28-25-33(26-29-39)32-19-21-34(22-20-32)36-24-23-35-27-30-41-40-15-7-8-16-42(40)47-48-44-17-9-10-18-45(44)49(47)46(41)43(35)31-36/h1-31H. The van der Waals surface area contributed by atoms with Crippen molar-refractivity contribution in [3.05, 3.63) is 188 Å². The van der Waals surface area contributed by atoms with Gasteiger partial charge in [-0.05, 0) is 51.2 Å². The number of para-hydroxylation sites is 2. The van der Waals surface area contributed by atoms with Crippen molar-refractivity contribution in [2.45, 2.75) is 0 Å². The molecule has 8 aromatic carbocycles. The van der Waals surface area contributed by atoms with E-state index in [2.05, 4.69) is 120 Å². The van der Waals surface area contributed by atoms with Crippen molar-refractivity contribution in [2.24, 2.45) is 0 Å². The smallest absolute Gasteiger partial charge is 0.171 e. The average Bonchev–Trinajstić information content (AvgIpc) is 3.61. The summed E-state index contributed by atoms with van der Waals surface area (Å²) in [6.07, 6.45) is 0. The van der Waals surface area contributed by atoms with Gasteiger partial charge in [0.15, 0.2) is 7.14 Å². The number of pyridine rings is 1. The highest BCUT2D eigenvalue weighted by molar-refractivity contribution is 7.85. The lowest BCUT2D eigenvalue weighted by Crippen LogP contribution is -2.24. The van der Waals surface area contributed by atoms with E-state index in [-0.39, 0.29) is 0 Å². The van der Waals surface area contributed by atoms with Gasteiger partial charge in [-0.1, -0.05) is 170 Å². The number of fused-ring (bicyclic) bond motifs is 10. The molecule has 0 aliphatic rings. The number of aromatic nitrogens is 2. The lowest BCUT2D eigenvalue weighted by atomic mass is 9.96. The Morgan fingerprint density at radius 3 is 1.61 bits per heavy atom. The van der Waals surface area contributed by atoms with Crippen LogP contribution in [-0.4, -0.2) is 9.38 Å². The molecule has 51 heavy (non-hydrogen) atoms. The van der Waals surface area contributed by atoms with Crippen LogP contribution >= 0.6 is 7.14 Å². The van der Waals surface area contributed by atoms with Gasteiger partial charge < -0.3 is 4.57 Å². The van der Waals surface area contributed by atoms with E-state index in [1.54, 1.807) is 0 Å². The fourth-order valence-electron chi connectivity index (χ4n) is 7.73. The maximum absolute atomic E-state index is 14.8. The average molecular weight is 671 g/mol. The van der Waals surface area contributed by atoms with Gasteiger partial charge in [0.25, 0.3) is 0 Å². The zero-order chi connectivity index (χ0) is 33.9. The molecule has 240 valence electrons. The molecule has 0 bridgehead atoms. The van der Waals surface area contributed by atoms with Crippen LogP contribution in [0.5, 0.6) is 0 Å². The van der Waals surface area contributed by atoms with Crippen LogP contribution in [0, 0.1) is 0 Å². The topological polar surface area (TPSA) is 34.4 Å². The Kier molecular flexibility index (Phi) is 6.77. The Labute approximate surface area is 295 Å². The molecule has 0 atom stereocenters. The zero-order valence-corrected chi connectivity index (χ0v) is 28.5. The van der Waals surface area contributed by atoms with Crippen molar-refractivity contribution in [3.63, 3.8) is 0 Å². The lowest BCUT2D eigenvalue weighted by molar-refractivity contribution is 0.592. The molecule has 3 nitrogen and oxygen atoms in total. The molecule has 10 rings (SSSR count). The summed E-state index contributed by atoms with van der Waals surface area (Å²) >= 11 is 0. The molecule has 0 unspecified atom stereocenters. The second-order valence-corrected chi connectivity index (χ2v) is 15.9. The summed E-state index contributed by atoms with van der Waals surface area (Å²) in [6, 6.07) is 64.9. The quantitative estimate of drug-likeness (QED) is 0.135. The molecule has 10 aromatic rings. The molecule has 0 amide bonds. The first-order valence-electron chi connectivity index (χ1n) is 17.2. The minimum Gasteiger partial charge on any atom is -0.309 e. The van der Waals surface area contributed by atoms with Crippen LogP contribution in [0.15, 0.2) is 188 Å². The largest absolute Gasteiger partial charge is 0.309 e. The number of hydrogen-bond acceptors (Lipinski definition) is 2. The van der Waals surface area contributed by atoms with E-state index in [1.165, 1.54) is 27.1 Å². The number of imidazole rings is 1. The molecule has 0 N–H and O–H groups in total. The van der Waals surface area contributed by atoms with Crippen molar-refractivity contribution >= 4 is 72.2 Å². The van der Waals surface area contributed by atoms with Crippen LogP contribution in [0.25, 0.3) is 71.4 Å². The van der Waals surface area contributed by atoms with Crippen molar-refractivity contribution in [1.82, 2.24) is 9.38 Å². The molecule has 4 heteroatoms. The summed E-state index contributed by atoms with van der Waals surface area (Å²) in [5, 5.41) is 8.49. The molecule has 0 fully saturated rings. The molecule has 0 aliphatic heterocycles. The molecule has 0 spiro atoms. The summed E-state index contributed by atoms with van der Waals surface area (Å²) in [5.41, 5.74) is 8.78. The van der Waals surface area contributed by atoms with E-state index in [4.69, 9.17) is 4.98 Å². The molecule has 0 saturated carbocycles. The van der Waals surface area contributed by atoms with E-state index in [1.807, 2.05) is 72.8 Å². The molecule has 2 heterocycles. The Bertz CT molecular complexity index is 2920. The Morgan fingerprint density at radius 2 is 0.922 bits per heavy atom.